The van der Waals surface area contributed by atoms with Crippen molar-refractivity contribution in [3.05, 3.63) is 59.9 Å². The van der Waals surface area contributed by atoms with Crippen LogP contribution < -0.4 is 9.46 Å². The van der Waals surface area contributed by atoms with Crippen molar-refractivity contribution >= 4 is 10.0 Å². The molecule has 0 aliphatic carbocycles. The molecule has 0 unspecified atom stereocenters. The van der Waals surface area contributed by atoms with Crippen molar-refractivity contribution < 1.29 is 13.2 Å². The molecule has 26 heavy (non-hydrogen) atoms. The molecule has 8 heteroatoms. The zero-order valence-electron chi connectivity index (χ0n) is 14.8. The molecule has 3 rings (SSSR count). The molecule has 0 fully saturated rings. The molecule has 3 aromatic rings. The first-order valence-electron chi connectivity index (χ1n) is 7.99. The van der Waals surface area contributed by atoms with Crippen LogP contribution in [0.1, 0.15) is 11.3 Å². The number of nitrogens with zero attached hydrogens (tertiary/aromatic N) is 3. The number of aromatic nitrogens is 3. The molecular formula is C18H20N4O3S. The van der Waals surface area contributed by atoms with Gasteiger partial charge in [-0.2, -0.15) is 5.10 Å². The maximum absolute atomic E-state index is 12.6. The van der Waals surface area contributed by atoms with E-state index in [0.29, 0.717) is 17.0 Å². The molecule has 2 heterocycles. The SMILES string of the molecule is COc1ccc(S(=O)(=O)NCc2cc(-c3ccccn3)nn2C)c(C)c1. The van der Waals surface area contributed by atoms with Crippen molar-refractivity contribution in [3.8, 4) is 17.1 Å². The molecule has 0 saturated carbocycles. The number of nitrogens with one attached hydrogen (secondary N) is 1. The summed E-state index contributed by atoms with van der Waals surface area (Å²) < 4.78 is 34.6. The lowest BCUT2D eigenvalue weighted by atomic mass is 10.2. The summed E-state index contributed by atoms with van der Waals surface area (Å²) in [5.41, 5.74) is 2.79. The summed E-state index contributed by atoms with van der Waals surface area (Å²) in [5.74, 6) is 0.619. The highest BCUT2D eigenvalue weighted by Crippen LogP contribution is 2.21. The van der Waals surface area contributed by atoms with Crippen LogP contribution >= 0.6 is 0 Å². The minimum absolute atomic E-state index is 0.129. The van der Waals surface area contributed by atoms with Crippen LogP contribution in [-0.2, 0) is 23.6 Å². The van der Waals surface area contributed by atoms with Crippen LogP contribution in [0.4, 0.5) is 0 Å². The minimum Gasteiger partial charge on any atom is -0.497 e. The molecule has 0 aliphatic heterocycles. The number of aryl methyl sites for hydroxylation is 2. The zero-order valence-corrected chi connectivity index (χ0v) is 15.6. The molecule has 0 radical (unpaired) electrons. The Morgan fingerprint density at radius 3 is 2.62 bits per heavy atom. The maximum Gasteiger partial charge on any atom is 0.241 e. The number of pyridine rings is 1. The standard InChI is InChI=1S/C18H20N4O3S/c1-13-10-15(25-3)7-8-18(13)26(23,24)20-12-14-11-17(21-22(14)2)16-6-4-5-9-19-16/h4-11,20H,12H2,1-3H3. The second kappa shape index (κ2) is 7.27. The second-order valence-electron chi connectivity index (χ2n) is 5.82. The first-order chi connectivity index (χ1) is 12.4. The summed E-state index contributed by atoms with van der Waals surface area (Å²) >= 11 is 0. The molecule has 1 N–H and O–H groups in total. The van der Waals surface area contributed by atoms with E-state index in [1.54, 1.807) is 50.2 Å². The Balaban J connectivity index is 1.79. The smallest absolute Gasteiger partial charge is 0.241 e. The summed E-state index contributed by atoms with van der Waals surface area (Å²) in [4.78, 5) is 4.49. The van der Waals surface area contributed by atoms with Gasteiger partial charge in [0.05, 0.1) is 29.9 Å². The predicted molar refractivity (Wildman–Crippen MR) is 98.2 cm³/mol. The van der Waals surface area contributed by atoms with Crippen LogP contribution in [0.5, 0.6) is 5.75 Å². The van der Waals surface area contributed by atoms with Crippen molar-refractivity contribution in [3.63, 3.8) is 0 Å². The first-order valence-corrected chi connectivity index (χ1v) is 9.47. The third kappa shape index (κ3) is 3.76. The maximum atomic E-state index is 12.6. The van der Waals surface area contributed by atoms with E-state index in [2.05, 4.69) is 14.8 Å². The van der Waals surface area contributed by atoms with E-state index >= 15 is 0 Å². The normalized spacial score (nSPS) is 11.5. The van der Waals surface area contributed by atoms with E-state index in [-0.39, 0.29) is 11.4 Å². The van der Waals surface area contributed by atoms with Gasteiger partial charge in [0.25, 0.3) is 0 Å². The number of methoxy groups -OCH3 is 1. The van der Waals surface area contributed by atoms with Gasteiger partial charge in [0.2, 0.25) is 10.0 Å². The number of ether oxygens (including phenoxy) is 1. The molecule has 0 aliphatic rings. The molecule has 0 atom stereocenters. The van der Waals surface area contributed by atoms with Crippen LogP contribution in [0.2, 0.25) is 0 Å². The lowest BCUT2D eigenvalue weighted by Gasteiger charge is -2.10. The Morgan fingerprint density at radius 2 is 1.96 bits per heavy atom. The van der Waals surface area contributed by atoms with Gasteiger partial charge in [0.1, 0.15) is 11.4 Å². The highest BCUT2D eigenvalue weighted by molar-refractivity contribution is 7.89. The molecule has 136 valence electrons. The van der Waals surface area contributed by atoms with E-state index < -0.39 is 10.0 Å². The number of hydrogen-bond donors (Lipinski definition) is 1. The zero-order chi connectivity index (χ0) is 18.7. The van der Waals surface area contributed by atoms with Crippen molar-refractivity contribution in [2.45, 2.75) is 18.4 Å². The van der Waals surface area contributed by atoms with Gasteiger partial charge in [-0.15, -0.1) is 0 Å². The van der Waals surface area contributed by atoms with E-state index in [1.165, 1.54) is 0 Å². The quantitative estimate of drug-likeness (QED) is 0.717. The summed E-state index contributed by atoms with van der Waals surface area (Å²) in [6, 6.07) is 12.3. The molecule has 1 aromatic carbocycles. The fourth-order valence-electron chi connectivity index (χ4n) is 2.61. The van der Waals surface area contributed by atoms with Crippen molar-refractivity contribution in [1.82, 2.24) is 19.5 Å². The third-order valence-electron chi connectivity index (χ3n) is 4.02. The molecule has 0 amide bonds. The van der Waals surface area contributed by atoms with Gasteiger partial charge in [0.15, 0.2) is 0 Å². The van der Waals surface area contributed by atoms with Gasteiger partial charge in [-0.1, -0.05) is 6.07 Å². The van der Waals surface area contributed by atoms with E-state index in [4.69, 9.17) is 4.74 Å². The lowest BCUT2D eigenvalue weighted by molar-refractivity contribution is 0.414. The van der Waals surface area contributed by atoms with Gasteiger partial charge in [-0.25, -0.2) is 13.1 Å². The predicted octanol–water partition coefficient (Wildman–Crippen LogP) is 2.28. The minimum atomic E-state index is -3.65. The summed E-state index contributed by atoms with van der Waals surface area (Å²) in [7, 11) is -0.332. The van der Waals surface area contributed by atoms with Crippen LogP contribution in [0.3, 0.4) is 0 Å². The number of rotatable bonds is 6. The molecule has 0 bridgehead atoms. The highest BCUT2D eigenvalue weighted by Gasteiger charge is 2.18. The summed E-state index contributed by atoms with van der Waals surface area (Å²) in [6.07, 6.45) is 1.69. The van der Waals surface area contributed by atoms with E-state index in [9.17, 15) is 8.42 Å². The third-order valence-corrected chi connectivity index (χ3v) is 5.58. The van der Waals surface area contributed by atoms with E-state index in [1.807, 2.05) is 24.3 Å². The van der Waals surface area contributed by atoms with Crippen molar-refractivity contribution in [2.24, 2.45) is 7.05 Å². The average molecular weight is 372 g/mol. The Hall–Kier alpha value is -2.71. The summed E-state index contributed by atoms with van der Waals surface area (Å²) in [5, 5.41) is 4.40. The van der Waals surface area contributed by atoms with Gasteiger partial charge < -0.3 is 4.74 Å². The van der Waals surface area contributed by atoms with Crippen molar-refractivity contribution in [2.75, 3.05) is 7.11 Å². The Labute approximate surface area is 152 Å². The lowest BCUT2D eigenvalue weighted by Crippen LogP contribution is -2.25. The highest BCUT2D eigenvalue weighted by atomic mass is 32.2. The van der Waals surface area contributed by atoms with Gasteiger partial charge >= 0.3 is 0 Å². The molecule has 0 saturated heterocycles. The molecule has 2 aromatic heterocycles. The van der Waals surface area contributed by atoms with Crippen molar-refractivity contribution in [1.29, 1.82) is 0 Å². The Morgan fingerprint density at radius 1 is 1.15 bits per heavy atom. The summed E-state index contributed by atoms with van der Waals surface area (Å²) in [6.45, 7) is 1.87. The number of hydrogen-bond acceptors (Lipinski definition) is 5. The molecule has 0 spiro atoms. The first kappa shape index (κ1) is 18.1. The van der Waals surface area contributed by atoms with Crippen LogP contribution in [0.15, 0.2) is 53.6 Å². The van der Waals surface area contributed by atoms with Gasteiger partial charge in [0, 0.05) is 13.2 Å². The second-order valence-corrected chi connectivity index (χ2v) is 7.55. The Bertz CT molecular complexity index is 1010. The fraction of sp³-hybridized carbons (Fsp3) is 0.222. The Kier molecular flexibility index (Phi) is 5.06. The van der Waals surface area contributed by atoms with E-state index in [0.717, 1.165) is 11.4 Å². The average Bonchev–Trinajstić information content (AvgIpc) is 3.01. The number of benzene rings is 1. The molecular weight excluding hydrogens is 352 g/mol. The molecule has 7 nitrogen and oxygen atoms in total. The van der Waals surface area contributed by atoms with Crippen LogP contribution in [0, 0.1) is 6.92 Å². The largest absolute Gasteiger partial charge is 0.497 e. The topological polar surface area (TPSA) is 86.1 Å². The van der Waals surface area contributed by atoms with Gasteiger partial charge in [-0.3, -0.25) is 9.67 Å². The van der Waals surface area contributed by atoms with Gasteiger partial charge in [-0.05, 0) is 48.9 Å². The van der Waals surface area contributed by atoms with Crippen LogP contribution in [-0.4, -0.2) is 30.3 Å². The van der Waals surface area contributed by atoms with Crippen LogP contribution in [0.25, 0.3) is 11.4 Å². The monoisotopic (exact) mass is 372 g/mol. The number of sulfonamides is 1. The fourth-order valence-corrected chi connectivity index (χ4v) is 3.83.